The van der Waals surface area contributed by atoms with Gasteiger partial charge in [0.15, 0.2) is 5.75 Å². The second-order valence-electron chi connectivity index (χ2n) is 5.05. The van der Waals surface area contributed by atoms with Gasteiger partial charge in [-0.1, -0.05) is 6.07 Å². The van der Waals surface area contributed by atoms with E-state index in [0.717, 1.165) is 25.9 Å². The molecule has 116 valence electrons. The number of benzene rings is 1. The molecule has 0 radical (unpaired) electrons. The Labute approximate surface area is 124 Å². The van der Waals surface area contributed by atoms with Crippen molar-refractivity contribution in [2.75, 3.05) is 25.1 Å². The first-order chi connectivity index (χ1) is 10.2. The van der Waals surface area contributed by atoms with Crippen molar-refractivity contribution in [3.63, 3.8) is 0 Å². The number of anilines is 1. The van der Waals surface area contributed by atoms with Crippen LogP contribution in [0.25, 0.3) is 0 Å². The molecule has 2 rings (SSSR count). The Morgan fingerprint density at radius 3 is 3.00 bits per heavy atom. The summed E-state index contributed by atoms with van der Waals surface area (Å²) in [5.41, 5.74) is 0.505. The fraction of sp³-hybridized carbons (Fsp3) is 0.600. The van der Waals surface area contributed by atoms with E-state index in [1.807, 2.05) is 6.92 Å². The van der Waals surface area contributed by atoms with E-state index >= 15 is 0 Å². The summed E-state index contributed by atoms with van der Waals surface area (Å²) in [5.74, 6) is 0.307. The molecule has 6 heteroatoms. The van der Waals surface area contributed by atoms with Gasteiger partial charge in [0, 0.05) is 13.2 Å². The zero-order valence-electron chi connectivity index (χ0n) is 12.3. The topological polar surface area (TPSA) is 73.6 Å². The Bertz CT molecular complexity index is 473. The van der Waals surface area contributed by atoms with Gasteiger partial charge in [0.2, 0.25) is 0 Å². The lowest BCUT2D eigenvalue weighted by molar-refractivity contribution is -0.384. The summed E-state index contributed by atoms with van der Waals surface area (Å²) in [6.07, 6.45) is 4.52. The highest BCUT2D eigenvalue weighted by Gasteiger charge is 2.21. The number of rotatable bonds is 7. The molecule has 0 spiro atoms. The van der Waals surface area contributed by atoms with Crippen molar-refractivity contribution in [3.8, 4) is 5.75 Å². The molecule has 0 saturated carbocycles. The van der Waals surface area contributed by atoms with Crippen molar-refractivity contribution in [2.45, 2.75) is 38.7 Å². The minimum atomic E-state index is -0.398. The normalized spacial score (nSPS) is 18.2. The van der Waals surface area contributed by atoms with Gasteiger partial charge in [-0.2, -0.15) is 0 Å². The Hall–Kier alpha value is -1.82. The summed E-state index contributed by atoms with van der Waals surface area (Å²) >= 11 is 0. The minimum absolute atomic E-state index is 0.00362. The lowest BCUT2D eigenvalue weighted by Gasteiger charge is -2.22. The molecule has 0 aliphatic carbocycles. The number of nitrogens with zero attached hydrogens (tertiary/aromatic N) is 1. The Kier molecular flexibility index (Phi) is 5.80. The van der Waals surface area contributed by atoms with Gasteiger partial charge in [-0.25, -0.2) is 0 Å². The summed E-state index contributed by atoms with van der Waals surface area (Å²) in [7, 11) is 0. The first kappa shape index (κ1) is 15.6. The molecule has 0 amide bonds. The average molecular weight is 294 g/mol. The molecule has 1 atom stereocenters. The maximum atomic E-state index is 11.2. The van der Waals surface area contributed by atoms with Crippen LogP contribution in [0.1, 0.15) is 32.6 Å². The number of para-hydroxylation sites is 1. The maximum Gasteiger partial charge on any atom is 0.333 e. The zero-order chi connectivity index (χ0) is 15.1. The predicted molar refractivity (Wildman–Crippen MR) is 81.0 cm³/mol. The fourth-order valence-corrected chi connectivity index (χ4v) is 2.53. The lowest BCUT2D eigenvalue weighted by atomic mass is 10.1. The molecule has 1 heterocycles. The Morgan fingerprint density at radius 1 is 1.48 bits per heavy atom. The highest BCUT2D eigenvalue weighted by molar-refractivity contribution is 5.68. The molecule has 21 heavy (non-hydrogen) atoms. The number of ether oxygens (including phenoxy) is 2. The minimum Gasteiger partial charge on any atom is -0.487 e. The van der Waals surface area contributed by atoms with Gasteiger partial charge in [-0.05, 0) is 44.7 Å². The third-order valence-electron chi connectivity index (χ3n) is 3.54. The van der Waals surface area contributed by atoms with Gasteiger partial charge in [-0.15, -0.1) is 0 Å². The second-order valence-corrected chi connectivity index (χ2v) is 5.05. The van der Waals surface area contributed by atoms with Crippen LogP contribution in [0, 0.1) is 10.1 Å². The first-order valence-corrected chi connectivity index (χ1v) is 7.48. The van der Waals surface area contributed by atoms with Crippen LogP contribution in [0.3, 0.4) is 0 Å². The van der Waals surface area contributed by atoms with Crippen LogP contribution < -0.4 is 10.1 Å². The zero-order valence-corrected chi connectivity index (χ0v) is 12.3. The number of hydrogen-bond acceptors (Lipinski definition) is 5. The van der Waals surface area contributed by atoms with Crippen LogP contribution >= 0.6 is 0 Å². The van der Waals surface area contributed by atoms with E-state index in [0.29, 0.717) is 24.6 Å². The molecule has 1 saturated heterocycles. The van der Waals surface area contributed by atoms with Gasteiger partial charge in [0.25, 0.3) is 0 Å². The maximum absolute atomic E-state index is 11.2. The predicted octanol–water partition coefficient (Wildman–Crippen LogP) is 3.36. The summed E-state index contributed by atoms with van der Waals surface area (Å²) in [6.45, 7) is 3.69. The van der Waals surface area contributed by atoms with Crippen LogP contribution in [0.4, 0.5) is 11.4 Å². The van der Waals surface area contributed by atoms with Crippen LogP contribution in [0.15, 0.2) is 18.2 Å². The molecule has 1 aliphatic rings. The van der Waals surface area contributed by atoms with Crippen molar-refractivity contribution >= 4 is 11.4 Å². The third kappa shape index (κ3) is 4.32. The number of hydrogen-bond donors (Lipinski definition) is 1. The number of nitrogens with one attached hydrogen (secondary N) is 1. The fourth-order valence-electron chi connectivity index (χ4n) is 2.53. The number of nitro benzene ring substituents is 1. The molecule has 1 fully saturated rings. The summed E-state index contributed by atoms with van der Waals surface area (Å²) in [4.78, 5) is 10.8. The van der Waals surface area contributed by atoms with E-state index in [9.17, 15) is 10.1 Å². The summed E-state index contributed by atoms with van der Waals surface area (Å²) in [5, 5.41) is 14.4. The smallest absolute Gasteiger partial charge is 0.333 e. The molecule has 1 N–H and O–H groups in total. The van der Waals surface area contributed by atoms with Crippen LogP contribution in [-0.4, -0.2) is 30.8 Å². The third-order valence-corrected chi connectivity index (χ3v) is 3.54. The second kappa shape index (κ2) is 7.83. The van der Waals surface area contributed by atoms with Crippen LogP contribution in [0.5, 0.6) is 5.75 Å². The van der Waals surface area contributed by atoms with E-state index in [4.69, 9.17) is 9.47 Å². The molecular formula is C15H22N2O4. The standard InChI is InChI=1S/C15H22N2O4/c1-2-20-14-8-5-7-13(15(14)17(18)19)16-10-9-12-6-3-4-11-21-12/h5,7-8,12,16H,2-4,6,9-11H2,1H3. The largest absolute Gasteiger partial charge is 0.487 e. The van der Waals surface area contributed by atoms with E-state index in [1.165, 1.54) is 6.42 Å². The molecule has 0 aromatic heterocycles. The van der Waals surface area contributed by atoms with Crippen LogP contribution in [-0.2, 0) is 4.74 Å². The van der Waals surface area contributed by atoms with Crippen molar-refractivity contribution in [1.82, 2.24) is 0 Å². The average Bonchev–Trinajstić information content (AvgIpc) is 2.48. The van der Waals surface area contributed by atoms with Crippen molar-refractivity contribution in [2.24, 2.45) is 0 Å². The Morgan fingerprint density at radius 2 is 2.33 bits per heavy atom. The monoisotopic (exact) mass is 294 g/mol. The molecule has 1 aliphatic heterocycles. The van der Waals surface area contributed by atoms with Gasteiger partial charge < -0.3 is 14.8 Å². The van der Waals surface area contributed by atoms with Gasteiger partial charge >= 0.3 is 5.69 Å². The highest BCUT2D eigenvalue weighted by Crippen LogP contribution is 2.34. The van der Waals surface area contributed by atoms with Crippen LogP contribution in [0.2, 0.25) is 0 Å². The molecule has 0 bridgehead atoms. The molecule has 1 aromatic carbocycles. The molecular weight excluding hydrogens is 272 g/mol. The van der Waals surface area contributed by atoms with E-state index in [1.54, 1.807) is 18.2 Å². The van der Waals surface area contributed by atoms with Crippen molar-refractivity contribution < 1.29 is 14.4 Å². The summed E-state index contributed by atoms with van der Waals surface area (Å²) < 4.78 is 11.0. The highest BCUT2D eigenvalue weighted by atomic mass is 16.6. The molecule has 1 unspecified atom stereocenters. The first-order valence-electron chi connectivity index (χ1n) is 7.48. The molecule has 1 aromatic rings. The lowest BCUT2D eigenvalue weighted by Crippen LogP contribution is -2.22. The SMILES string of the molecule is CCOc1cccc(NCCC2CCCCO2)c1[N+](=O)[O-]. The van der Waals surface area contributed by atoms with E-state index in [-0.39, 0.29) is 11.8 Å². The van der Waals surface area contributed by atoms with Gasteiger partial charge in [0.1, 0.15) is 5.69 Å². The van der Waals surface area contributed by atoms with Crippen molar-refractivity contribution in [1.29, 1.82) is 0 Å². The quantitative estimate of drug-likeness (QED) is 0.616. The Balaban J connectivity index is 1.98. The van der Waals surface area contributed by atoms with E-state index in [2.05, 4.69) is 5.32 Å². The van der Waals surface area contributed by atoms with Gasteiger partial charge in [0.05, 0.1) is 17.6 Å². The summed E-state index contributed by atoms with van der Waals surface area (Å²) in [6, 6.07) is 5.09. The van der Waals surface area contributed by atoms with Gasteiger partial charge in [-0.3, -0.25) is 10.1 Å². The molecule has 6 nitrogen and oxygen atoms in total. The van der Waals surface area contributed by atoms with E-state index < -0.39 is 4.92 Å². The van der Waals surface area contributed by atoms with Crippen molar-refractivity contribution in [3.05, 3.63) is 28.3 Å². The number of nitro groups is 1.